The zero-order valence-electron chi connectivity index (χ0n) is 8.24. The van der Waals surface area contributed by atoms with Gasteiger partial charge in [0.2, 0.25) is 0 Å². The van der Waals surface area contributed by atoms with E-state index in [1.807, 2.05) is 13.0 Å². The van der Waals surface area contributed by atoms with E-state index in [4.69, 9.17) is 10.5 Å². The fraction of sp³-hybridized carbons (Fsp3) is 0.500. The Morgan fingerprint density at radius 1 is 1.57 bits per heavy atom. The average molecular weight is 259 g/mol. The van der Waals surface area contributed by atoms with Crippen LogP contribution in [0.25, 0.3) is 0 Å². The van der Waals surface area contributed by atoms with E-state index < -0.39 is 0 Å². The van der Waals surface area contributed by atoms with E-state index >= 15 is 0 Å². The molecule has 78 valence electrons. The molecule has 1 heterocycles. The van der Waals surface area contributed by atoms with Crippen molar-refractivity contribution in [3.05, 3.63) is 22.9 Å². The minimum absolute atomic E-state index is 0.189. The summed E-state index contributed by atoms with van der Waals surface area (Å²) in [6.07, 6.45) is 5.60. The van der Waals surface area contributed by atoms with Crippen LogP contribution in [-0.4, -0.2) is 17.6 Å². The smallest absolute Gasteiger partial charge is 0.139 e. The number of rotatable bonds is 5. The van der Waals surface area contributed by atoms with Crippen LogP contribution >= 0.6 is 15.9 Å². The molecular weight excluding hydrogens is 244 g/mol. The van der Waals surface area contributed by atoms with Gasteiger partial charge >= 0.3 is 0 Å². The largest absolute Gasteiger partial charge is 0.489 e. The Kier molecular flexibility index (Phi) is 4.90. The summed E-state index contributed by atoms with van der Waals surface area (Å²) in [5, 5.41) is 0. The number of nitrogens with two attached hydrogens (primary N) is 1. The van der Waals surface area contributed by atoms with E-state index in [1.54, 1.807) is 12.4 Å². The molecule has 0 saturated carbocycles. The molecule has 3 nitrogen and oxygen atoms in total. The number of nitrogens with zero attached hydrogens (tertiary/aromatic N) is 1. The molecule has 1 aromatic heterocycles. The van der Waals surface area contributed by atoms with Crippen LogP contribution in [0.4, 0.5) is 0 Å². The first-order valence-corrected chi connectivity index (χ1v) is 5.49. The molecule has 0 aromatic carbocycles. The van der Waals surface area contributed by atoms with Crippen molar-refractivity contribution >= 4 is 15.9 Å². The highest BCUT2D eigenvalue weighted by molar-refractivity contribution is 9.10. The number of hydrogen-bond acceptors (Lipinski definition) is 3. The zero-order chi connectivity index (χ0) is 10.4. The molecule has 14 heavy (non-hydrogen) atoms. The SMILES string of the molecule is CC(CCCN)Oc1cncc(Br)c1. The zero-order valence-corrected chi connectivity index (χ0v) is 9.83. The van der Waals surface area contributed by atoms with Gasteiger partial charge in [0.1, 0.15) is 5.75 Å². The monoisotopic (exact) mass is 258 g/mol. The van der Waals surface area contributed by atoms with Crippen molar-refractivity contribution in [2.45, 2.75) is 25.9 Å². The molecule has 0 aliphatic rings. The topological polar surface area (TPSA) is 48.1 Å². The van der Waals surface area contributed by atoms with Crippen LogP contribution in [0, 0.1) is 0 Å². The third-order valence-corrected chi connectivity index (χ3v) is 2.27. The first-order chi connectivity index (χ1) is 6.72. The summed E-state index contributed by atoms with van der Waals surface area (Å²) in [7, 11) is 0. The highest BCUT2D eigenvalue weighted by Gasteiger charge is 2.03. The molecule has 1 aromatic rings. The predicted octanol–water partition coefficient (Wildman–Crippen LogP) is 2.35. The molecule has 0 radical (unpaired) electrons. The minimum atomic E-state index is 0.189. The third-order valence-electron chi connectivity index (χ3n) is 1.83. The lowest BCUT2D eigenvalue weighted by molar-refractivity contribution is 0.208. The van der Waals surface area contributed by atoms with Gasteiger partial charge in [-0.2, -0.15) is 0 Å². The van der Waals surface area contributed by atoms with Crippen LogP contribution in [0.1, 0.15) is 19.8 Å². The van der Waals surface area contributed by atoms with Crippen LogP contribution in [0.3, 0.4) is 0 Å². The first kappa shape index (κ1) is 11.5. The summed E-state index contributed by atoms with van der Waals surface area (Å²) >= 11 is 3.34. The van der Waals surface area contributed by atoms with Crippen molar-refractivity contribution in [1.29, 1.82) is 0 Å². The maximum atomic E-state index is 5.65. The van der Waals surface area contributed by atoms with Crippen LogP contribution in [-0.2, 0) is 0 Å². The van der Waals surface area contributed by atoms with Crippen molar-refractivity contribution in [1.82, 2.24) is 4.98 Å². The highest BCUT2D eigenvalue weighted by Crippen LogP contribution is 2.17. The molecule has 0 aliphatic heterocycles. The quantitative estimate of drug-likeness (QED) is 0.882. The molecule has 0 fully saturated rings. The van der Waals surface area contributed by atoms with Crippen molar-refractivity contribution < 1.29 is 4.74 Å². The number of ether oxygens (including phenoxy) is 1. The van der Waals surface area contributed by atoms with Crippen molar-refractivity contribution in [3.8, 4) is 5.75 Å². The normalized spacial score (nSPS) is 12.5. The molecule has 0 spiro atoms. The van der Waals surface area contributed by atoms with E-state index in [0.717, 1.165) is 23.1 Å². The van der Waals surface area contributed by atoms with Gasteiger partial charge in [-0.3, -0.25) is 4.98 Å². The highest BCUT2D eigenvalue weighted by atomic mass is 79.9. The molecule has 0 bridgehead atoms. The Bertz CT molecular complexity index is 281. The van der Waals surface area contributed by atoms with Crippen LogP contribution in [0.2, 0.25) is 0 Å². The Balaban J connectivity index is 2.43. The van der Waals surface area contributed by atoms with E-state index in [0.29, 0.717) is 6.54 Å². The van der Waals surface area contributed by atoms with Crippen molar-refractivity contribution in [2.75, 3.05) is 6.54 Å². The van der Waals surface area contributed by atoms with Gasteiger partial charge in [-0.25, -0.2) is 0 Å². The molecule has 1 atom stereocenters. The molecule has 1 rings (SSSR count). The minimum Gasteiger partial charge on any atom is -0.489 e. The molecule has 0 amide bonds. The summed E-state index contributed by atoms with van der Waals surface area (Å²) in [5.41, 5.74) is 5.42. The van der Waals surface area contributed by atoms with Gasteiger partial charge in [0, 0.05) is 10.7 Å². The number of halogens is 1. The van der Waals surface area contributed by atoms with Gasteiger partial charge in [-0.1, -0.05) is 0 Å². The lowest BCUT2D eigenvalue weighted by Gasteiger charge is -2.13. The number of aromatic nitrogens is 1. The fourth-order valence-electron chi connectivity index (χ4n) is 1.15. The van der Waals surface area contributed by atoms with Gasteiger partial charge < -0.3 is 10.5 Å². The lowest BCUT2D eigenvalue weighted by Crippen LogP contribution is -2.13. The molecule has 0 aliphatic carbocycles. The fourth-order valence-corrected chi connectivity index (χ4v) is 1.50. The van der Waals surface area contributed by atoms with E-state index in [2.05, 4.69) is 20.9 Å². The molecule has 2 N–H and O–H groups in total. The summed E-state index contributed by atoms with van der Waals surface area (Å²) in [5.74, 6) is 0.795. The van der Waals surface area contributed by atoms with Gasteiger partial charge in [-0.15, -0.1) is 0 Å². The summed E-state index contributed by atoms with van der Waals surface area (Å²) in [6, 6.07) is 1.91. The van der Waals surface area contributed by atoms with Crippen LogP contribution in [0.15, 0.2) is 22.9 Å². The summed E-state index contributed by atoms with van der Waals surface area (Å²) in [6.45, 7) is 2.75. The Labute approximate surface area is 92.8 Å². The second-order valence-electron chi connectivity index (χ2n) is 3.20. The second kappa shape index (κ2) is 5.98. The van der Waals surface area contributed by atoms with Crippen LogP contribution in [0.5, 0.6) is 5.75 Å². The molecule has 4 heteroatoms. The summed E-state index contributed by atoms with van der Waals surface area (Å²) in [4.78, 5) is 4.02. The van der Waals surface area contributed by atoms with E-state index in [9.17, 15) is 0 Å². The maximum absolute atomic E-state index is 5.65. The first-order valence-electron chi connectivity index (χ1n) is 4.69. The van der Waals surface area contributed by atoms with Crippen molar-refractivity contribution in [2.24, 2.45) is 5.73 Å². The van der Waals surface area contributed by atoms with E-state index in [-0.39, 0.29) is 6.10 Å². The van der Waals surface area contributed by atoms with Gasteiger partial charge in [0.25, 0.3) is 0 Å². The Hall–Kier alpha value is -0.610. The standard InChI is InChI=1S/C10H15BrN2O/c1-8(3-2-4-12)14-10-5-9(11)6-13-7-10/h5-8H,2-4,12H2,1H3. The van der Waals surface area contributed by atoms with Gasteiger partial charge in [-0.05, 0) is 48.3 Å². The van der Waals surface area contributed by atoms with Crippen LogP contribution < -0.4 is 10.5 Å². The lowest BCUT2D eigenvalue weighted by atomic mass is 10.2. The third kappa shape index (κ3) is 4.07. The van der Waals surface area contributed by atoms with Crippen molar-refractivity contribution in [3.63, 3.8) is 0 Å². The molecule has 0 saturated heterocycles. The second-order valence-corrected chi connectivity index (χ2v) is 4.11. The van der Waals surface area contributed by atoms with E-state index in [1.165, 1.54) is 0 Å². The Morgan fingerprint density at radius 3 is 3.00 bits per heavy atom. The van der Waals surface area contributed by atoms with Gasteiger partial charge in [0.15, 0.2) is 0 Å². The molecule has 1 unspecified atom stereocenters. The number of hydrogen-bond donors (Lipinski definition) is 1. The maximum Gasteiger partial charge on any atom is 0.139 e. The number of pyridine rings is 1. The Morgan fingerprint density at radius 2 is 2.36 bits per heavy atom. The van der Waals surface area contributed by atoms with Gasteiger partial charge in [0.05, 0.1) is 12.3 Å². The predicted molar refractivity (Wildman–Crippen MR) is 60.3 cm³/mol. The average Bonchev–Trinajstić information content (AvgIpc) is 2.15. The summed E-state index contributed by atoms with van der Waals surface area (Å²) < 4.78 is 6.58. The molecular formula is C10H15BrN2O.